The first-order valence-electron chi connectivity index (χ1n) is 13.3. The summed E-state index contributed by atoms with van der Waals surface area (Å²) in [6, 6.07) is 14.9. The molecule has 1 saturated heterocycles. The Morgan fingerprint density at radius 1 is 1.10 bits per heavy atom. The molecule has 1 atom stereocenters. The van der Waals surface area contributed by atoms with Crippen molar-refractivity contribution in [3.05, 3.63) is 82.1 Å². The van der Waals surface area contributed by atoms with Crippen LogP contribution in [0.25, 0.3) is 11.3 Å². The van der Waals surface area contributed by atoms with Gasteiger partial charge in [0.15, 0.2) is 0 Å². The molecule has 0 saturated carbocycles. The molecule has 12 heteroatoms. The van der Waals surface area contributed by atoms with E-state index in [1.807, 2.05) is 32.0 Å². The van der Waals surface area contributed by atoms with Crippen molar-refractivity contribution in [1.29, 1.82) is 0 Å². The van der Waals surface area contributed by atoms with Crippen LogP contribution in [-0.2, 0) is 4.79 Å². The summed E-state index contributed by atoms with van der Waals surface area (Å²) in [4.78, 5) is 31.9. The lowest BCUT2D eigenvalue weighted by molar-refractivity contribution is -0.124. The average molecular weight is 594 g/mol. The van der Waals surface area contributed by atoms with E-state index in [-0.39, 0.29) is 23.9 Å². The molecule has 216 valence electrons. The Balaban J connectivity index is 1.32. The number of alkyl halides is 2. The number of hydrogen-bond donors (Lipinski definition) is 1. The van der Waals surface area contributed by atoms with Gasteiger partial charge >= 0.3 is 0 Å². The number of hydrogen-bond acceptors (Lipinski definition) is 7. The number of halogens is 3. The van der Waals surface area contributed by atoms with E-state index in [9.17, 15) is 18.4 Å². The number of fused-ring (bicyclic) bond motifs is 2. The predicted octanol–water partition coefficient (Wildman–Crippen LogP) is 6.43. The van der Waals surface area contributed by atoms with Gasteiger partial charge in [0, 0.05) is 35.6 Å². The molecule has 2 aromatic carbocycles. The van der Waals surface area contributed by atoms with Crippen molar-refractivity contribution >= 4 is 28.3 Å². The summed E-state index contributed by atoms with van der Waals surface area (Å²) in [5.74, 6) is -4.47. The normalized spacial score (nSPS) is 17.3. The van der Waals surface area contributed by atoms with E-state index in [4.69, 9.17) is 4.74 Å². The van der Waals surface area contributed by atoms with Gasteiger partial charge < -0.3 is 15.0 Å². The minimum absolute atomic E-state index is 0.131. The quantitative estimate of drug-likeness (QED) is 0.286. The summed E-state index contributed by atoms with van der Waals surface area (Å²) < 4.78 is 48.5. The van der Waals surface area contributed by atoms with Gasteiger partial charge in [0.05, 0.1) is 23.2 Å². The Morgan fingerprint density at radius 3 is 2.57 bits per heavy atom. The number of likely N-dealkylation sites (tertiary alicyclic amines) is 1. The van der Waals surface area contributed by atoms with Crippen LogP contribution in [0.4, 0.5) is 18.3 Å². The molecule has 2 aromatic heterocycles. The number of nitrogens with zero attached hydrogens (tertiary/aromatic N) is 4. The molecule has 0 unspecified atom stereocenters. The van der Waals surface area contributed by atoms with E-state index in [0.717, 1.165) is 21.5 Å². The topological polar surface area (TPSA) is 97.3 Å². The number of aromatic nitrogens is 3. The van der Waals surface area contributed by atoms with E-state index in [0.29, 0.717) is 27.7 Å². The average Bonchev–Trinajstić information content (AvgIpc) is 3.54. The molecule has 2 aliphatic heterocycles. The first-order valence-corrected chi connectivity index (χ1v) is 14.1. The SMILES string of the molecule is Cc1nnc(NC(=O)C(C)(C)[C@H]2c3ccccc3Oc3nc(-c4ccc(C(=O)N5CCC(F)(F)C5)c(F)c4)ccc32)s1. The first kappa shape index (κ1) is 27.8. The van der Waals surface area contributed by atoms with Crippen LogP contribution < -0.4 is 10.1 Å². The van der Waals surface area contributed by atoms with Gasteiger partial charge in [-0.25, -0.2) is 18.2 Å². The summed E-state index contributed by atoms with van der Waals surface area (Å²) in [5.41, 5.74) is 0.990. The Morgan fingerprint density at radius 2 is 1.88 bits per heavy atom. The molecule has 0 bridgehead atoms. The van der Waals surface area contributed by atoms with Gasteiger partial charge in [-0.15, -0.1) is 10.2 Å². The number of amides is 2. The van der Waals surface area contributed by atoms with Crippen molar-refractivity contribution in [2.75, 3.05) is 18.4 Å². The number of carbonyl (C=O) groups is 2. The predicted molar refractivity (Wildman–Crippen MR) is 151 cm³/mol. The minimum Gasteiger partial charge on any atom is -0.438 e. The van der Waals surface area contributed by atoms with Gasteiger partial charge in [-0.2, -0.15) is 0 Å². The number of ether oxygens (including phenoxy) is 1. The highest BCUT2D eigenvalue weighted by Crippen LogP contribution is 2.52. The van der Waals surface area contributed by atoms with Crippen LogP contribution >= 0.6 is 11.3 Å². The summed E-state index contributed by atoms with van der Waals surface area (Å²) in [5, 5.41) is 12.0. The number of rotatable bonds is 5. The molecule has 2 aliphatic rings. The number of pyridine rings is 1. The zero-order valence-electron chi connectivity index (χ0n) is 23.0. The Labute approximate surface area is 243 Å². The summed E-state index contributed by atoms with van der Waals surface area (Å²) >= 11 is 1.28. The van der Waals surface area contributed by atoms with Crippen molar-refractivity contribution in [3.63, 3.8) is 0 Å². The van der Waals surface area contributed by atoms with Crippen LogP contribution in [0, 0.1) is 18.2 Å². The molecule has 8 nitrogen and oxygen atoms in total. The summed E-state index contributed by atoms with van der Waals surface area (Å²) in [7, 11) is 0. The van der Waals surface area contributed by atoms with Crippen molar-refractivity contribution in [2.24, 2.45) is 5.41 Å². The smallest absolute Gasteiger partial charge is 0.267 e. The number of benzene rings is 2. The molecule has 4 aromatic rings. The van der Waals surface area contributed by atoms with E-state index in [1.54, 1.807) is 25.1 Å². The van der Waals surface area contributed by atoms with Crippen LogP contribution in [0.3, 0.4) is 0 Å². The fourth-order valence-corrected chi connectivity index (χ4v) is 6.03. The highest BCUT2D eigenvalue weighted by atomic mass is 32.1. The van der Waals surface area contributed by atoms with Gasteiger partial charge in [-0.1, -0.05) is 55.5 Å². The molecule has 2 amide bonds. The number of aryl methyl sites for hydroxylation is 1. The molecule has 0 spiro atoms. The van der Waals surface area contributed by atoms with Crippen molar-refractivity contribution in [1.82, 2.24) is 20.1 Å². The lowest BCUT2D eigenvalue weighted by Crippen LogP contribution is -2.38. The number of nitrogens with one attached hydrogen (secondary N) is 1. The molecule has 6 rings (SSSR count). The molecule has 1 N–H and O–H groups in total. The molecule has 0 radical (unpaired) electrons. The van der Waals surface area contributed by atoms with Crippen molar-refractivity contribution in [3.8, 4) is 22.9 Å². The highest BCUT2D eigenvalue weighted by molar-refractivity contribution is 7.15. The fourth-order valence-electron chi connectivity index (χ4n) is 5.44. The molecular formula is C30H26F3N5O3S. The third-order valence-electron chi connectivity index (χ3n) is 7.64. The first-order chi connectivity index (χ1) is 19.9. The van der Waals surface area contributed by atoms with Crippen molar-refractivity contribution in [2.45, 2.75) is 39.0 Å². The van der Waals surface area contributed by atoms with Crippen LogP contribution in [-0.4, -0.2) is 50.9 Å². The van der Waals surface area contributed by atoms with Crippen molar-refractivity contribution < 1.29 is 27.5 Å². The van der Waals surface area contributed by atoms with E-state index >= 15 is 4.39 Å². The lowest BCUT2D eigenvalue weighted by atomic mass is 9.69. The Kier molecular flexibility index (Phi) is 6.76. The highest BCUT2D eigenvalue weighted by Gasteiger charge is 2.44. The molecule has 42 heavy (non-hydrogen) atoms. The van der Waals surface area contributed by atoms with Gasteiger partial charge in [-0.3, -0.25) is 9.59 Å². The monoisotopic (exact) mass is 593 g/mol. The summed E-state index contributed by atoms with van der Waals surface area (Å²) in [6.07, 6.45) is -0.443. The second-order valence-electron chi connectivity index (χ2n) is 11.0. The maximum absolute atomic E-state index is 15.1. The number of carbonyl (C=O) groups excluding carboxylic acids is 2. The van der Waals surface area contributed by atoms with Gasteiger partial charge in [-0.05, 0) is 31.2 Å². The maximum atomic E-state index is 15.1. The van der Waals surface area contributed by atoms with Gasteiger partial charge in [0.1, 0.15) is 16.6 Å². The van der Waals surface area contributed by atoms with E-state index in [1.165, 1.54) is 23.5 Å². The molecule has 4 heterocycles. The van der Waals surface area contributed by atoms with E-state index < -0.39 is 41.9 Å². The lowest BCUT2D eigenvalue weighted by Gasteiger charge is -2.37. The Hall–Kier alpha value is -4.32. The molecule has 1 fully saturated rings. The van der Waals surface area contributed by atoms with Crippen LogP contribution in [0.5, 0.6) is 11.6 Å². The second-order valence-corrected chi connectivity index (χ2v) is 12.2. The third-order valence-corrected chi connectivity index (χ3v) is 8.40. The maximum Gasteiger partial charge on any atom is 0.267 e. The van der Waals surface area contributed by atoms with Gasteiger partial charge in [0.2, 0.25) is 16.9 Å². The molecule has 0 aliphatic carbocycles. The largest absolute Gasteiger partial charge is 0.438 e. The number of para-hydroxylation sites is 1. The Bertz CT molecular complexity index is 1720. The zero-order chi connectivity index (χ0) is 29.8. The fraction of sp³-hybridized carbons (Fsp3) is 0.300. The summed E-state index contributed by atoms with van der Waals surface area (Å²) in [6.45, 7) is 4.62. The standard InChI is InChI=1S/C30H26F3N5O3S/c1-16-36-37-28(42-16)35-27(40)29(2,3)24-19-6-4-5-7-23(19)41-25-20(24)10-11-22(34-25)17-8-9-18(21(31)14-17)26(39)38-13-12-30(32,33)15-38/h4-11,14,24H,12-13,15H2,1-3H3,(H,35,37,40)/t24-/m0/s1. The zero-order valence-corrected chi connectivity index (χ0v) is 23.8. The van der Waals surface area contributed by atoms with Gasteiger partial charge in [0.25, 0.3) is 11.8 Å². The van der Waals surface area contributed by atoms with Crippen LogP contribution in [0.1, 0.15) is 52.7 Å². The minimum atomic E-state index is -2.97. The number of anilines is 1. The van der Waals surface area contributed by atoms with Crippen LogP contribution in [0.15, 0.2) is 54.6 Å². The third kappa shape index (κ3) is 5.00. The van der Waals surface area contributed by atoms with Crippen LogP contribution in [0.2, 0.25) is 0 Å². The second kappa shape index (κ2) is 10.2. The molecular weight excluding hydrogens is 567 g/mol. The van der Waals surface area contributed by atoms with E-state index in [2.05, 4.69) is 20.5 Å².